The Kier molecular flexibility index (Phi) is 7.73. The molecule has 4 N–H and O–H groups in total. The number of nitrogens with one attached hydrogen (secondary N) is 1. The van der Waals surface area contributed by atoms with Gasteiger partial charge in [-0.15, -0.1) is 0 Å². The molecule has 6 rings (SSSR count). The van der Waals surface area contributed by atoms with Gasteiger partial charge in [0.2, 0.25) is 0 Å². The van der Waals surface area contributed by atoms with Crippen molar-refractivity contribution < 1.29 is 28.1 Å². The lowest BCUT2D eigenvalue weighted by Crippen LogP contribution is -2.34. The summed E-state index contributed by atoms with van der Waals surface area (Å²) in [7, 11) is 1.50. The molecule has 2 aromatic heterocycles. The first-order valence-corrected chi connectivity index (χ1v) is 12.8. The topological polar surface area (TPSA) is 103 Å². The number of hydrogen-bond donors (Lipinski definition) is 3. The van der Waals surface area contributed by atoms with Gasteiger partial charge in [0.25, 0.3) is 0 Å². The maximum atomic E-state index is 15.0. The van der Waals surface area contributed by atoms with Crippen molar-refractivity contribution in [3.63, 3.8) is 0 Å². The van der Waals surface area contributed by atoms with Crippen molar-refractivity contribution in [2.45, 2.75) is 29.3 Å². The summed E-state index contributed by atoms with van der Waals surface area (Å²) in [4.78, 5) is 8.45. The molecule has 7 nitrogen and oxygen atoms in total. The van der Waals surface area contributed by atoms with Crippen molar-refractivity contribution in [2.75, 3.05) is 26.3 Å². The molecular formula is C27H27F2N3O4S. The van der Waals surface area contributed by atoms with Crippen molar-refractivity contribution in [1.82, 2.24) is 9.97 Å². The first kappa shape index (κ1) is 25.6. The van der Waals surface area contributed by atoms with Gasteiger partial charge in [0.1, 0.15) is 30.0 Å². The quantitative estimate of drug-likeness (QED) is 0.317. The van der Waals surface area contributed by atoms with Crippen LogP contribution in [-0.2, 0) is 9.47 Å². The zero-order valence-electron chi connectivity index (χ0n) is 20.1. The maximum Gasteiger partial charge on any atom is 0.193 e. The van der Waals surface area contributed by atoms with Crippen molar-refractivity contribution >= 4 is 22.8 Å². The first-order valence-electron chi connectivity index (χ1n) is 11.8. The minimum absolute atomic E-state index is 0.223. The third-order valence-corrected chi connectivity index (χ3v) is 7.07. The number of pyridine rings is 1. The Morgan fingerprint density at radius 3 is 2.35 bits per heavy atom. The fraction of sp³-hybridized carbons (Fsp3) is 0.296. The van der Waals surface area contributed by atoms with Crippen molar-refractivity contribution in [2.24, 2.45) is 5.73 Å². The Morgan fingerprint density at radius 1 is 1.00 bits per heavy atom. The van der Waals surface area contributed by atoms with Gasteiger partial charge in [-0.25, -0.2) is 13.8 Å². The van der Waals surface area contributed by atoms with Gasteiger partial charge in [-0.3, -0.25) is 0 Å². The van der Waals surface area contributed by atoms with Crippen LogP contribution in [0.1, 0.15) is 0 Å². The van der Waals surface area contributed by atoms with E-state index in [2.05, 4.69) is 15.7 Å². The number of hydrogen-bond acceptors (Lipinski definition) is 7. The van der Waals surface area contributed by atoms with E-state index < -0.39 is 17.9 Å². The van der Waals surface area contributed by atoms with E-state index in [1.807, 2.05) is 48.5 Å². The zero-order valence-corrected chi connectivity index (χ0v) is 20.9. The number of nitrogens with two attached hydrogens (primary N) is 1. The van der Waals surface area contributed by atoms with E-state index in [0.29, 0.717) is 29.1 Å². The molecule has 0 radical (unpaired) electrons. The Morgan fingerprint density at radius 2 is 1.65 bits per heavy atom. The number of alkyl halides is 1. The molecule has 3 unspecified atom stereocenters. The summed E-state index contributed by atoms with van der Waals surface area (Å²) in [6.45, 7) is 0.527. The van der Waals surface area contributed by atoms with Crippen LogP contribution in [0, 0.1) is 5.82 Å². The van der Waals surface area contributed by atoms with E-state index in [0.717, 1.165) is 27.8 Å². The maximum absolute atomic E-state index is 15.0. The second-order valence-electron chi connectivity index (χ2n) is 8.56. The second-order valence-corrected chi connectivity index (χ2v) is 9.54. The molecule has 2 aliphatic rings. The molecule has 37 heavy (non-hydrogen) atoms. The standard InChI is InChI=1S/C26H22F2N2O4S.CH5N/c27-13-35-17-7-5-15(6-8-17)14-1-3-16(4-2-14)24-18(28)9-19-20(30-24)10-23(29-19)34-22-12-33-25-21(31)11-32-26(22)25;1-2/h1-10,21-22,25-26,29,31H,11-13H2;2H2,1H3/t21?,22?,25?,26-;/m1./s1. The summed E-state index contributed by atoms with van der Waals surface area (Å²) in [5.41, 5.74) is 8.46. The highest BCUT2D eigenvalue weighted by Crippen LogP contribution is 2.32. The van der Waals surface area contributed by atoms with E-state index >= 15 is 0 Å². The number of thioether (sulfide) groups is 1. The van der Waals surface area contributed by atoms with Crippen LogP contribution in [0.4, 0.5) is 8.78 Å². The molecule has 2 fully saturated rings. The summed E-state index contributed by atoms with van der Waals surface area (Å²) in [5.74, 6) is -0.00855. The Labute approximate surface area is 216 Å². The average molecular weight is 528 g/mol. The summed E-state index contributed by atoms with van der Waals surface area (Å²) in [6.07, 6.45) is -1.75. The minimum Gasteiger partial charge on any atom is -0.470 e. The monoisotopic (exact) mass is 527 g/mol. The van der Waals surface area contributed by atoms with E-state index in [4.69, 9.17) is 14.2 Å². The van der Waals surface area contributed by atoms with Gasteiger partial charge in [0, 0.05) is 22.6 Å². The van der Waals surface area contributed by atoms with Crippen molar-refractivity contribution in [1.29, 1.82) is 0 Å². The molecule has 0 spiro atoms. The third-order valence-electron chi connectivity index (χ3n) is 6.36. The molecule has 2 aliphatic heterocycles. The Balaban J connectivity index is 0.00000137. The number of benzene rings is 2. The lowest BCUT2D eigenvalue weighted by molar-refractivity contribution is 0.00794. The normalized spacial score (nSPS) is 22.5. The number of aliphatic hydroxyl groups excluding tert-OH is 1. The van der Waals surface area contributed by atoms with Crippen LogP contribution < -0.4 is 10.5 Å². The van der Waals surface area contributed by atoms with Crippen LogP contribution in [0.2, 0.25) is 0 Å². The van der Waals surface area contributed by atoms with Gasteiger partial charge in [-0.1, -0.05) is 48.2 Å². The van der Waals surface area contributed by atoms with Gasteiger partial charge in [0.05, 0.1) is 24.2 Å². The highest BCUT2D eigenvalue weighted by molar-refractivity contribution is 7.99. The van der Waals surface area contributed by atoms with Gasteiger partial charge in [-0.05, 0) is 30.3 Å². The van der Waals surface area contributed by atoms with Crippen molar-refractivity contribution in [3.8, 4) is 28.3 Å². The van der Waals surface area contributed by atoms with Crippen LogP contribution in [0.15, 0.2) is 65.6 Å². The molecule has 194 valence electrons. The summed E-state index contributed by atoms with van der Waals surface area (Å²) >= 11 is 1.15. The Hall–Kier alpha value is -3.02. The highest BCUT2D eigenvalue weighted by Gasteiger charge is 2.48. The number of halogens is 2. The summed E-state index contributed by atoms with van der Waals surface area (Å²) in [6, 6.07) is 17.8. The first-order chi connectivity index (χ1) is 18.1. The minimum atomic E-state index is -0.652. The van der Waals surface area contributed by atoms with Gasteiger partial charge in [0.15, 0.2) is 17.8 Å². The number of aromatic nitrogens is 2. The number of aromatic amines is 1. The lowest BCUT2D eigenvalue weighted by Gasteiger charge is -2.16. The van der Waals surface area contributed by atoms with E-state index in [1.54, 1.807) is 6.07 Å². The van der Waals surface area contributed by atoms with E-state index in [1.165, 1.54) is 13.1 Å². The lowest BCUT2D eigenvalue weighted by atomic mass is 10.0. The van der Waals surface area contributed by atoms with Gasteiger partial charge >= 0.3 is 0 Å². The molecule has 4 heterocycles. The number of H-pyrrole nitrogens is 1. The van der Waals surface area contributed by atoms with Crippen LogP contribution in [0.25, 0.3) is 33.4 Å². The predicted octanol–water partition coefficient (Wildman–Crippen LogP) is 4.54. The van der Waals surface area contributed by atoms with Crippen LogP contribution in [0.5, 0.6) is 5.88 Å². The van der Waals surface area contributed by atoms with Gasteiger partial charge in [-0.2, -0.15) is 0 Å². The van der Waals surface area contributed by atoms with Crippen LogP contribution >= 0.6 is 11.8 Å². The molecule has 2 saturated heterocycles. The van der Waals surface area contributed by atoms with Crippen LogP contribution in [0.3, 0.4) is 0 Å². The molecule has 0 aliphatic carbocycles. The molecule has 0 bridgehead atoms. The summed E-state index contributed by atoms with van der Waals surface area (Å²) < 4.78 is 44.6. The Bertz CT molecular complexity index is 1350. The summed E-state index contributed by atoms with van der Waals surface area (Å²) in [5, 5.41) is 9.90. The fourth-order valence-electron chi connectivity index (χ4n) is 4.61. The SMILES string of the molecule is CN.OC1CO[C@@H]2C(Oc3cc4nc(-c5ccc(-c6ccc(SCF)cc6)cc5)c(F)cc4[nH]3)COC12. The predicted molar refractivity (Wildman–Crippen MR) is 139 cm³/mol. The number of ether oxygens (including phenoxy) is 3. The smallest absolute Gasteiger partial charge is 0.193 e. The third kappa shape index (κ3) is 5.21. The molecule has 4 aromatic rings. The van der Waals surface area contributed by atoms with E-state index in [9.17, 15) is 13.9 Å². The van der Waals surface area contributed by atoms with Gasteiger partial charge < -0.3 is 30.0 Å². The number of fused-ring (bicyclic) bond motifs is 2. The number of nitrogens with zero attached hydrogens (tertiary/aromatic N) is 1. The van der Waals surface area contributed by atoms with Crippen molar-refractivity contribution in [3.05, 3.63) is 66.5 Å². The molecule has 0 amide bonds. The molecule has 10 heteroatoms. The van der Waals surface area contributed by atoms with Crippen LogP contribution in [-0.4, -0.2) is 65.8 Å². The number of aliphatic hydroxyl groups is 1. The zero-order chi connectivity index (χ0) is 25.9. The molecular weight excluding hydrogens is 500 g/mol. The molecule has 2 aromatic carbocycles. The highest BCUT2D eigenvalue weighted by atomic mass is 32.2. The largest absolute Gasteiger partial charge is 0.470 e. The van der Waals surface area contributed by atoms with E-state index in [-0.39, 0.29) is 30.6 Å². The average Bonchev–Trinajstić information content (AvgIpc) is 3.62. The fourth-order valence-corrected chi connectivity index (χ4v) is 5.06. The molecule has 0 saturated carbocycles. The number of rotatable bonds is 6. The molecule has 4 atom stereocenters. The second kappa shape index (κ2) is 11.2.